The molecule has 150 valence electrons. The summed E-state index contributed by atoms with van der Waals surface area (Å²) >= 11 is 0. The van der Waals surface area contributed by atoms with Gasteiger partial charge in [0.1, 0.15) is 12.4 Å². The van der Waals surface area contributed by atoms with Gasteiger partial charge < -0.3 is 9.90 Å². The lowest BCUT2D eigenvalue weighted by Crippen LogP contribution is -2.32. The highest BCUT2D eigenvalue weighted by Crippen LogP contribution is 2.10. The Kier molecular flexibility index (Phi) is 17.0. The molecule has 0 rings (SSSR count). The molecule has 0 fully saturated rings. The summed E-state index contributed by atoms with van der Waals surface area (Å²) in [6.07, 6.45) is 24.8. The fourth-order valence-corrected chi connectivity index (χ4v) is 2.27. The van der Waals surface area contributed by atoms with Crippen molar-refractivity contribution in [2.45, 2.75) is 70.4 Å². The standard InChI is InChI=1S/C22H33NO4/c1-2-3-15-18-21(23(26)27)22(25)19-16-13-11-9-7-5-4-6-8-10-12-14-17-20-24/h3-4,6-7,9-10,12-13,15-16,20-22,25H,2,5,8,11,14,17-19H2,1H3/b6-4-,9-7-,12-10-,15-3-,16-13-. The summed E-state index contributed by atoms with van der Waals surface area (Å²) in [7, 11) is 0. The van der Waals surface area contributed by atoms with E-state index in [1.54, 1.807) is 12.2 Å². The highest BCUT2D eigenvalue weighted by molar-refractivity contribution is 5.49. The number of rotatable bonds is 16. The first-order valence-electron chi connectivity index (χ1n) is 9.63. The van der Waals surface area contributed by atoms with Gasteiger partial charge in [-0.25, -0.2) is 0 Å². The third-order valence-corrected chi connectivity index (χ3v) is 3.81. The van der Waals surface area contributed by atoms with Crippen molar-refractivity contribution in [3.63, 3.8) is 0 Å². The van der Waals surface area contributed by atoms with E-state index in [1.807, 2.05) is 37.3 Å². The fraction of sp³-hybridized carbons (Fsp3) is 0.500. The molecule has 0 radical (unpaired) electrons. The molecule has 0 aliphatic heterocycles. The van der Waals surface area contributed by atoms with Crippen LogP contribution in [-0.4, -0.2) is 28.5 Å². The van der Waals surface area contributed by atoms with Gasteiger partial charge in [0.15, 0.2) is 0 Å². The lowest BCUT2D eigenvalue weighted by molar-refractivity contribution is -0.533. The Morgan fingerprint density at radius 3 is 1.85 bits per heavy atom. The number of carbonyl (C=O) groups excluding carboxylic acids is 1. The molecule has 5 nitrogen and oxygen atoms in total. The van der Waals surface area contributed by atoms with E-state index in [0.29, 0.717) is 6.42 Å². The number of nitrogens with zero attached hydrogens (tertiary/aromatic N) is 1. The van der Waals surface area contributed by atoms with Crippen molar-refractivity contribution in [2.24, 2.45) is 0 Å². The van der Waals surface area contributed by atoms with Crippen LogP contribution >= 0.6 is 0 Å². The molecular formula is C22H33NO4. The summed E-state index contributed by atoms with van der Waals surface area (Å²) in [5, 5.41) is 21.0. The normalized spacial score (nSPS) is 14.9. The van der Waals surface area contributed by atoms with Crippen LogP contribution in [0.4, 0.5) is 0 Å². The van der Waals surface area contributed by atoms with Crippen molar-refractivity contribution in [3.05, 3.63) is 70.9 Å². The van der Waals surface area contributed by atoms with Crippen LogP contribution in [0.2, 0.25) is 0 Å². The molecule has 0 aromatic rings. The average molecular weight is 376 g/mol. The van der Waals surface area contributed by atoms with Gasteiger partial charge in [0.2, 0.25) is 6.04 Å². The Balaban J connectivity index is 3.95. The topological polar surface area (TPSA) is 80.4 Å². The quantitative estimate of drug-likeness (QED) is 0.134. The summed E-state index contributed by atoms with van der Waals surface area (Å²) < 4.78 is 0. The van der Waals surface area contributed by atoms with E-state index in [1.165, 1.54) is 0 Å². The summed E-state index contributed by atoms with van der Waals surface area (Å²) in [5.41, 5.74) is 0. The zero-order valence-corrected chi connectivity index (χ0v) is 16.3. The maximum atomic E-state index is 11.0. The third kappa shape index (κ3) is 15.7. The maximum absolute atomic E-state index is 11.0. The zero-order chi connectivity index (χ0) is 20.2. The van der Waals surface area contributed by atoms with Gasteiger partial charge in [-0.15, -0.1) is 0 Å². The smallest absolute Gasteiger partial charge is 0.242 e. The van der Waals surface area contributed by atoms with Crippen molar-refractivity contribution in [1.82, 2.24) is 0 Å². The molecule has 2 unspecified atom stereocenters. The molecule has 0 aliphatic carbocycles. The summed E-state index contributed by atoms with van der Waals surface area (Å²) in [6.45, 7) is 1.97. The summed E-state index contributed by atoms with van der Waals surface area (Å²) in [6, 6.07) is -0.953. The number of hydrogen-bond acceptors (Lipinski definition) is 4. The molecule has 0 saturated heterocycles. The second-order valence-electron chi connectivity index (χ2n) is 6.11. The summed E-state index contributed by atoms with van der Waals surface area (Å²) in [4.78, 5) is 20.8. The van der Waals surface area contributed by atoms with E-state index >= 15 is 0 Å². The number of nitro groups is 1. The molecule has 0 aromatic carbocycles. The van der Waals surface area contributed by atoms with Gasteiger partial charge in [-0.2, -0.15) is 0 Å². The number of unbranched alkanes of at least 4 members (excludes halogenated alkanes) is 1. The Morgan fingerprint density at radius 2 is 1.33 bits per heavy atom. The Hall–Kier alpha value is -2.27. The van der Waals surface area contributed by atoms with Crippen LogP contribution < -0.4 is 0 Å². The van der Waals surface area contributed by atoms with Crippen molar-refractivity contribution >= 4 is 6.29 Å². The van der Waals surface area contributed by atoms with Gasteiger partial charge in [-0.3, -0.25) is 10.1 Å². The van der Waals surface area contributed by atoms with Crippen molar-refractivity contribution in [2.75, 3.05) is 0 Å². The molecule has 0 heterocycles. The second-order valence-corrected chi connectivity index (χ2v) is 6.11. The lowest BCUT2D eigenvalue weighted by atomic mass is 10.0. The molecule has 0 aromatic heterocycles. The first-order chi connectivity index (χ1) is 13.1. The van der Waals surface area contributed by atoms with Gasteiger partial charge in [-0.1, -0.05) is 67.7 Å². The van der Waals surface area contributed by atoms with Gasteiger partial charge >= 0.3 is 0 Å². The van der Waals surface area contributed by atoms with Gasteiger partial charge in [-0.05, 0) is 38.5 Å². The maximum Gasteiger partial charge on any atom is 0.242 e. The second kappa shape index (κ2) is 18.5. The molecular weight excluding hydrogens is 342 g/mol. The Bertz CT molecular complexity index is 532. The number of aliphatic hydroxyl groups is 1. The van der Waals surface area contributed by atoms with Gasteiger partial charge in [0.25, 0.3) is 0 Å². The van der Waals surface area contributed by atoms with Crippen LogP contribution in [0.1, 0.15) is 58.3 Å². The van der Waals surface area contributed by atoms with E-state index in [0.717, 1.165) is 38.4 Å². The molecule has 0 spiro atoms. The van der Waals surface area contributed by atoms with Gasteiger partial charge in [0, 0.05) is 17.8 Å². The van der Waals surface area contributed by atoms with E-state index in [9.17, 15) is 20.0 Å². The zero-order valence-electron chi connectivity index (χ0n) is 16.3. The van der Waals surface area contributed by atoms with Gasteiger partial charge in [0.05, 0.1) is 0 Å². The lowest BCUT2D eigenvalue weighted by Gasteiger charge is -2.12. The first-order valence-corrected chi connectivity index (χ1v) is 9.63. The van der Waals surface area contributed by atoms with E-state index in [4.69, 9.17) is 0 Å². The largest absolute Gasteiger partial charge is 0.386 e. The minimum Gasteiger partial charge on any atom is -0.386 e. The van der Waals surface area contributed by atoms with Crippen LogP contribution in [0.5, 0.6) is 0 Å². The van der Waals surface area contributed by atoms with Crippen LogP contribution in [-0.2, 0) is 4.79 Å². The van der Waals surface area contributed by atoms with Crippen LogP contribution in [0.25, 0.3) is 0 Å². The summed E-state index contributed by atoms with van der Waals surface area (Å²) in [5.74, 6) is 0. The number of allylic oxidation sites excluding steroid dienone is 8. The van der Waals surface area contributed by atoms with Crippen molar-refractivity contribution in [3.8, 4) is 0 Å². The average Bonchev–Trinajstić information content (AvgIpc) is 2.65. The number of aliphatic hydroxyl groups excluding tert-OH is 1. The highest BCUT2D eigenvalue weighted by atomic mass is 16.6. The minimum atomic E-state index is -0.968. The minimum absolute atomic E-state index is 0.258. The fourth-order valence-electron chi connectivity index (χ4n) is 2.27. The highest BCUT2D eigenvalue weighted by Gasteiger charge is 2.27. The molecule has 1 N–H and O–H groups in total. The number of aldehydes is 1. The predicted octanol–water partition coefficient (Wildman–Crippen LogP) is 5.11. The van der Waals surface area contributed by atoms with Crippen LogP contribution in [0, 0.1) is 10.1 Å². The molecule has 0 bridgehead atoms. The van der Waals surface area contributed by atoms with Crippen molar-refractivity contribution < 1.29 is 14.8 Å². The molecule has 5 heteroatoms. The molecule has 0 amide bonds. The van der Waals surface area contributed by atoms with E-state index < -0.39 is 17.1 Å². The third-order valence-electron chi connectivity index (χ3n) is 3.81. The SMILES string of the molecule is CC/C=C\CC(C(O)C/C=C\C/C=C\C/C=C\C/C=C\CCC=O)[N+](=O)[O-]. The number of carbonyl (C=O) groups is 1. The molecule has 27 heavy (non-hydrogen) atoms. The molecule has 2 atom stereocenters. The van der Waals surface area contributed by atoms with Crippen LogP contribution in [0.15, 0.2) is 60.8 Å². The Morgan fingerprint density at radius 1 is 0.815 bits per heavy atom. The first kappa shape index (κ1) is 24.7. The predicted molar refractivity (Wildman–Crippen MR) is 111 cm³/mol. The molecule has 0 aliphatic rings. The van der Waals surface area contributed by atoms with E-state index in [-0.39, 0.29) is 12.8 Å². The number of hydrogen-bond donors (Lipinski definition) is 1. The van der Waals surface area contributed by atoms with Crippen molar-refractivity contribution in [1.29, 1.82) is 0 Å². The Labute approximate surface area is 163 Å². The monoisotopic (exact) mass is 375 g/mol. The van der Waals surface area contributed by atoms with E-state index in [2.05, 4.69) is 18.2 Å². The van der Waals surface area contributed by atoms with Crippen LogP contribution in [0.3, 0.4) is 0 Å². The molecule has 0 saturated carbocycles.